The predicted octanol–water partition coefficient (Wildman–Crippen LogP) is 3.27. The molecule has 2 aromatic rings. The molecule has 0 atom stereocenters. The van der Waals surface area contributed by atoms with Crippen molar-refractivity contribution in [3.63, 3.8) is 0 Å². The van der Waals surface area contributed by atoms with Crippen LogP contribution in [-0.4, -0.2) is 14.2 Å². The van der Waals surface area contributed by atoms with Gasteiger partial charge in [0.15, 0.2) is 5.78 Å². The molecule has 0 aliphatic heterocycles. The highest BCUT2D eigenvalue weighted by atomic mass is 32.2. The van der Waals surface area contributed by atoms with Gasteiger partial charge in [-0.15, -0.1) is 0 Å². The fraction of sp³-hybridized carbons (Fsp3) is 0.188. The second kappa shape index (κ2) is 5.69. The van der Waals surface area contributed by atoms with Crippen molar-refractivity contribution in [2.45, 2.75) is 25.7 Å². The lowest BCUT2D eigenvalue weighted by Gasteiger charge is -2.09. The summed E-state index contributed by atoms with van der Waals surface area (Å²) < 4.78 is 29.6. The lowest BCUT2D eigenvalue weighted by atomic mass is 10.1. The Kier molecular flexibility index (Phi) is 4.14. The lowest BCUT2D eigenvalue weighted by molar-refractivity contribution is 0.101. The van der Waals surface area contributed by atoms with Gasteiger partial charge in [-0.1, -0.05) is 18.2 Å². The normalized spacial score (nSPS) is 11.2. The van der Waals surface area contributed by atoms with Gasteiger partial charge in [-0.3, -0.25) is 4.79 Å². The molecule has 0 unspecified atom stereocenters. The number of aryl methyl sites for hydroxylation is 2. The Balaban J connectivity index is 2.35. The number of hydrogen-bond acceptors (Lipinski definition) is 4. The number of benzene rings is 2. The summed E-state index contributed by atoms with van der Waals surface area (Å²) >= 11 is 0. The SMILES string of the molecule is CC(=O)c1cccc(OS(=O)(=O)c2ccc(C)c(C)c2)c1. The van der Waals surface area contributed by atoms with E-state index in [1.165, 1.54) is 25.1 Å². The molecule has 0 heterocycles. The van der Waals surface area contributed by atoms with Crippen LogP contribution in [-0.2, 0) is 10.1 Å². The maximum atomic E-state index is 12.2. The largest absolute Gasteiger partial charge is 0.379 e. The van der Waals surface area contributed by atoms with E-state index in [0.29, 0.717) is 5.56 Å². The van der Waals surface area contributed by atoms with Gasteiger partial charge < -0.3 is 4.18 Å². The third kappa shape index (κ3) is 3.49. The predicted molar refractivity (Wildman–Crippen MR) is 80.2 cm³/mol. The highest BCUT2D eigenvalue weighted by Crippen LogP contribution is 2.21. The number of Topliss-reactive ketones (excluding diaryl/α,β-unsaturated/α-hetero) is 1. The van der Waals surface area contributed by atoms with Gasteiger partial charge >= 0.3 is 10.1 Å². The summed E-state index contributed by atoms with van der Waals surface area (Å²) in [7, 11) is -3.91. The lowest BCUT2D eigenvalue weighted by Crippen LogP contribution is -2.10. The number of ketones is 1. The van der Waals surface area contributed by atoms with Gasteiger partial charge in [-0.2, -0.15) is 8.42 Å². The zero-order valence-corrected chi connectivity index (χ0v) is 12.9. The minimum absolute atomic E-state index is 0.0961. The molecule has 21 heavy (non-hydrogen) atoms. The average molecular weight is 304 g/mol. The van der Waals surface area contributed by atoms with E-state index in [2.05, 4.69) is 0 Å². The van der Waals surface area contributed by atoms with E-state index in [1.54, 1.807) is 24.3 Å². The van der Waals surface area contributed by atoms with Crippen LogP contribution in [0.1, 0.15) is 28.4 Å². The summed E-state index contributed by atoms with van der Waals surface area (Å²) in [4.78, 5) is 11.4. The van der Waals surface area contributed by atoms with E-state index in [0.717, 1.165) is 11.1 Å². The first kappa shape index (κ1) is 15.3. The van der Waals surface area contributed by atoms with Gasteiger partial charge in [0, 0.05) is 5.56 Å². The smallest absolute Gasteiger partial charge is 0.339 e. The third-order valence-corrected chi connectivity index (χ3v) is 4.46. The highest BCUT2D eigenvalue weighted by Gasteiger charge is 2.17. The van der Waals surface area contributed by atoms with E-state index < -0.39 is 10.1 Å². The van der Waals surface area contributed by atoms with Crippen LogP contribution in [0.25, 0.3) is 0 Å². The van der Waals surface area contributed by atoms with Crippen molar-refractivity contribution in [3.8, 4) is 5.75 Å². The molecule has 0 fully saturated rings. The molecule has 2 aromatic carbocycles. The van der Waals surface area contributed by atoms with Crippen LogP contribution >= 0.6 is 0 Å². The first-order chi connectivity index (χ1) is 9.79. The zero-order chi connectivity index (χ0) is 15.6. The average Bonchev–Trinajstić information content (AvgIpc) is 2.41. The highest BCUT2D eigenvalue weighted by molar-refractivity contribution is 7.87. The standard InChI is InChI=1S/C16H16O4S/c1-11-7-8-16(9-12(11)2)21(18,19)20-15-6-4-5-14(10-15)13(3)17/h4-10H,1-3H3. The van der Waals surface area contributed by atoms with Crippen LogP contribution in [0.4, 0.5) is 0 Å². The maximum Gasteiger partial charge on any atom is 0.339 e. The molecule has 0 spiro atoms. The Bertz CT molecular complexity index is 792. The van der Waals surface area contributed by atoms with E-state index in [4.69, 9.17) is 4.18 Å². The quantitative estimate of drug-likeness (QED) is 0.642. The van der Waals surface area contributed by atoms with Gasteiger partial charge in [0.05, 0.1) is 0 Å². The zero-order valence-electron chi connectivity index (χ0n) is 12.1. The second-order valence-corrected chi connectivity index (χ2v) is 6.41. The topological polar surface area (TPSA) is 60.4 Å². The maximum absolute atomic E-state index is 12.2. The van der Waals surface area contributed by atoms with Crippen molar-refractivity contribution in [1.82, 2.24) is 0 Å². The Morgan fingerprint density at radius 3 is 2.33 bits per heavy atom. The van der Waals surface area contributed by atoms with Gasteiger partial charge in [0.1, 0.15) is 10.6 Å². The molecule has 110 valence electrons. The number of rotatable bonds is 4. The molecule has 0 bridgehead atoms. The summed E-state index contributed by atoms with van der Waals surface area (Å²) in [6.45, 7) is 5.16. The summed E-state index contributed by atoms with van der Waals surface area (Å²) in [5, 5.41) is 0. The van der Waals surface area contributed by atoms with Crippen molar-refractivity contribution in [3.05, 3.63) is 59.2 Å². The van der Waals surface area contributed by atoms with Crippen molar-refractivity contribution < 1.29 is 17.4 Å². The monoisotopic (exact) mass is 304 g/mol. The van der Waals surface area contributed by atoms with Crippen LogP contribution in [0.5, 0.6) is 5.75 Å². The molecular weight excluding hydrogens is 288 g/mol. The number of carbonyl (C=O) groups excluding carboxylic acids is 1. The van der Waals surface area contributed by atoms with Crippen molar-refractivity contribution >= 4 is 15.9 Å². The van der Waals surface area contributed by atoms with Crippen LogP contribution in [0.3, 0.4) is 0 Å². The summed E-state index contributed by atoms with van der Waals surface area (Å²) in [6.07, 6.45) is 0. The fourth-order valence-corrected chi connectivity index (χ4v) is 2.82. The summed E-state index contributed by atoms with van der Waals surface area (Å²) in [5.74, 6) is -0.0232. The molecule has 0 saturated heterocycles. The molecule has 2 rings (SSSR count). The minimum atomic E-state index is -3.91. The molecule has 0 saturated carbocycles. The molecule has 5 heteroatoms. The summed E-state index contributed by atoms with van der Waals surface area (Å²) in [5.41, 5.74) is 2.28. The minimum Gasteiger partial charge on any atom is -0.379 e. The van der Waals surface area contributed by atoms with Gasteiger partial charge in [0.25, 0.3) is 0 Å². The molecular formula is C16H16O4S. The van der Waals surface area contributed by atoms with E-state index in [-0.39, 0.29) is 16.4 Å². The Labute approximate surface area is 124 Å². The van der Waals surface area contributed by atoms with Crippen LogP contribution in [0.2, 0.25) is 0 Å². The van der Waals surface area contributed by atoms with Gasteiger partial charge in [0.2, 0.25) is 0 Å². The first-order valence-corrected chi connectivity index (χ1v) is 7.83. The third-order valence-electron chi connectivity index (χ3n) is 3.21. The van der Waals surface area contributed by atoms with Gasteiger partial charge in [-0.05, 0) is 56.2 Å². The molecule has 0 N–H and O–H groups in total. The fourth-order valence-electron chi connectivity index (χ4n) is 1.81. The Morgan fingerprint density at radius 2 is 1.71 bits per heavy atom. The van der Waals surface area contributed by atoms with Crippen molar-refractivity contribution in [1.29, 1.82) is 0 Å². The summed E-state index contributed by atoms with van der Waals surface area (Å²) in [6, 6.07) is 10.9. The number of carbonyl (C=O) groups is 1. The Morgan fingerprint density at radius 1 is 1.00 bits per heavy atom. The van der Waals surface area contributed by atoms with Crippen LogP contribution in [0, 0.1) is 13.8 Å². The number of hydrogen-bond donors (Lipinski definition) is 0. The molecule has 0 aliphatic carbocycles. The molecule has 0 aliphatic rings. The molecule has 4 nitrogen and oxygen atoms in total. The van der Waals surface area contributed by atoms with E-state index in [9.17, 15) is 13.2 Å². The van der Waals surface area contributed by atoms with Crippen LogP contribution < -0.4 is 4.18 Å². The van der Waals surface area contributed by atoms with E-state index in [1.807, 2.05) is 13.8 Å². The Hall–Kier alpha value is -2.14. The van der Waals surface area contributed by atoms with Crippen molar-refractivity contribution in [2.24, 2.45) is 0 Å². The first-order valence-electron chi connectivity index (χ1n) is 6.42. The van der Waals surface area contributed by atoms with Gasteiger partial charge in [-0.25, -0.2) is 0 Å². The second-order valence-electron chi connectivity index (χ2n) is 4.87. The van der Waals surface area contributed by atoms with Crippen LogP contribution in [0.15, 0.2) is 47.4 Å². The molecule has 0 radical (unpaired) electrons. The van der Waals surface area contributed by atoms with E-state index >= 15 is 0 Å². The molecule has 0 amide bonds. The molecule has 0 aromatic heterocycles. The van der Waals surface area contributed by atoms with Crippen molar-refractivity contribution in [2.75, 3.05) is 0 Å².